The van der Waals surface area contributed by atoms with Crippen LogP contribution in [0.3, 0.4) is 0 Å². The molecule has 0 radical (unpaired) electrons. The lowest BCUT2D eigenvalue weighted by atomic mass is 10.1. The van der Waals surface area contributed by atoms with Crippen molar-refractivity contribution in [2.45, 2.75) is 24.8 Å². The van der Waals surface area contributed by atoms with Crippen LogP contribution >= 0.6 is 11.8 Å². The van der Waals surface area contributed by atoms with Crippen molar-refractivity contribution in [3.8, 4) is 5.75 Å². The quantitative estimate of drug-likeness (QED) is 0.527. The van der Waals surface area contributed by atoms with Gasteiger partial charge in [0.05, 0.1) is 0 Å². The number of carbonyl (C=O) groups is 1. The number of aryl methyl sites for hydroxylation is 1. The number of thioether (sulfide) groups is 1. The van der Waals surface area contributed by atoms with Gasteiger partial charge in [-0.05, 0) is 37.6 Å². The Hall–Kier alpha value is -1.88. The van der Waals surface area contributed by atoms with Gasteiger partial charge in [-0.1, -0.05) is 11.8 Å². The summed E-state index contributed by atoms with van der Waals surface area (Å²) in [6, 6.07) is 4.87. The molecule has 0 bridgehead atoms. The Morgan fingerprint density at radius 2 is 2.00 bits per heavy atom. The molecule has 5 heteroatoms. The van der Waals surface area contributed by atoms with Gasteiger partial charge in [-0.15, -0.1) is 0 Å². The average molecular weight is 274 g/mol. The first-order valence-electron chi connectivity index (χ1n) is 5.80. The molecule has 1 heterocycles. The van der Waals surface area contributed by atoms with Crippen LogP contribution in [-0.2, 0) is 5.75 Å². The van der Waals surface area contributed by atoms with Crippen LogP contribution in [0, 0.1) is 6.92 Å². The lowest BCUT2D eigenvalue weighted by molar-refractivity contribution is 0.101. The number of hydrogen-bond donors (Lipinski definition) is 1. The van der Waals surface area contributed by atoms with Gasteiger partial charge in [0.2, 0.25) is 0 Å². The molecule has 0 aliphatic rings. The Morgan fingerprint density at radius 3 is 2.63 bits per heavy atom. The molecule has 1 N–H and O–H groups in total. The minimum Gasteiger partial charge on any atom is -0.508 e. The Bertz CT molecular complexity index is 597. The standard InChI is InChI=1S/C14H14N2O2S/c1-9-6-15-14(16-7-9)19-8-12-5-11(10(2)17)3-4-13(12)18/h3-7,18H,8H2,1-2H3. The molecule has 0 spiro atoms. The molecule has 2 rings (SSSR count). The van der Waals surface area contributed by atoms with Crippen molar-refractivity contribution in [1.29, 1.82) is 0 Å². The van der Waals surface area contributed by atoms with Crippen LogP contribution in [0.5, 0.6) is 5.75 Å². The van der Waals surface area contributed by atoms with E-state index in [1.54, 1.807) is 30.6 Å². The number of phenols is 1. The van der Waals surface area contributed by atoms with E-state index in [1.807, 2.05) is 6.92 Å². The minimum atomic E-state index is -0.0159. The summed E-state index contributed by atoms with van der Waals surface area (Å²) < 4.78 is 0. The van der Waals surface area contributed by atoms with Gasteiger partial charge < -0.3 is 5.11 Å². The zero-order chi connectivity index (χ0) is 13.8. The minimum absolute atomic E-state index is 0.0159. The van der Waals surface area contributed by atoms with Crippen molar-refractivity contribution in [2.75, 3.05) is 0 Å². The zero-order valence-corrected chi connectivity index (χ0v) is 11.6. The third kappa shape index (κ3) is 3.54. The summed E-state index contributed by atoms with van der Waals surface area (Å²) in [5.74, 6) is 0.693. The summed E-state index contributed by atoms with van der Waals surface area (Å²) >= 11 is 1.42. The van der Waals surface area contributed by atoms with E-state index in [0.717, 1.165) is 5.56 Å². The first kappa shape index (κ1) is 13.5. The van der Waals surface area contributed by atoms with E-state index >= 15 is 0 Å². The number of aromatic nitrogens is 2. The van der Waals surface area contributed by atoms with Crippen LogP contribution in [0.4, 0.5) is 0 Å². The highest BCUT2D eigenvalue weighted by atomic mass is 32.2. The fourth-order valence-corrected chi connectivity index (χ4v) is 2.29. The summed E-state index contributed by atoms with van der Waals surface area (Å²) in [6.45, 7) is 3.43. The van der Waals surface area contributed by atoms with Gasteiger partial charge in [0.25, 0.3) is 0 Å². The highest BCUT2D eigenvalue weighted by molar-refractivity contribution is 7.98. The van der Waals surface area contributed by atoms with Crippen LogP contribution in [0.15, 0.2) is 35.7 Å². The average Bonchev–Trinajstić information content (AvgIpc) is 2.39. The number of ketones is 1. The lowest BCUT2D eigenvalue weighted by Crippen LogP contribution is -1.94. The Morgan fingerprint density at radius 1 is 1.32 bits per heavy atom. The van der Waals surface area contributed by atoms with E-state index in [2.05, 4.69) is 9.97 Å². The van der Waals surface area contributed by atoms with E-state index in [9.17, 15) is 9.90 Å². The molecule has 0 fully saturated rings. The second-order valence-corrected chi connectivity index (χ2v) is 5.17. The van der Waals surface area contributed by atoms with Gasteiger partial charge in [0, 0.05) is 29.3 Å². The number of carbonyl (C=O) groups excluding carboxylic acids is 1. The van der Waals surface area contributed by atoms with Gasteiger partial charge in [0.15, 0.2) is 10.9 Å². The molecular formula is C14H14N2O2S. The van der Waals surface area contributed by atoms with Crippen molar-refractivity contribution >= 4 is 17.5 Å². The highest BCUT2D eigenvalue weighted by Crippen LogP contribution is 2.26. The van der Waals surface area contributed by atoms with Crippen LogP contribution in [0.25, 0.3) is 0 Å². The van der Waals surface area contributed by atoms with E-state index in [4.69, 9.17) is 0 Å². The van der Waals surface area contributed by atoms with Gasteiger partial charge in [-0.3, -0.25) is 4.79 Å². The third-order valence-corrected chi connectivity index (χ3v) is 3.52. The normalized spacial score (nSPS) is 10.4. The number of hydrogen-bond acceptors (Lipinski definition) is 5. The number of benzene rings is 1. The van der Waals surface area contributed by atoms with Crippen molar-refractivity contribution in [2.24, 2.45) is 0 Å². The van der Waals surface area contributed by atoms with Crippen LogP contribution in [-0.4, -0.2) is 20.9 Å². The predicted molar refractivity (Wildman–Crippen MR) is 74.4 cm³/mol. The largest absolute Gasteiger partial charge is 0.508 e. The van der Waals surface area contributed by atoms with E-state index in [-0.39, 0.29) is 11.5 Å². The van der Waals surface area contributed by atoms with Crippen molar-refractivity contribution in [3.05, 3.63) is 47.3 Å². The number of rotatable bonds is 4. The molecule has 0 saturated heterocycles. The fourth-order valence-electron chi connectivity index (χ4n) is 1.52. The number of aromatic hydroxyl groups is 1. The van der Waals surface area contributed by atoms with Gasteiger partial charge in [-0.2, -0.15) is 0 Å². The van der Waals surface area contributed by atoms with Crippen molar-refractivity contribution < 1.29 is 9.90 Å². The number of phenolic OH excluding ortho intramolecular Hbond substituents is 1. The maximum Gasteiger partial charge on any atom is 0.187 e. The first-order chi connectivity index (χ1) is 9.06. The van der Waals surface area contributed by atoms with E-state index in [1.165, 1.54) is 18.7 Å². The number of nitrogens with zero attached hydrogens (tertiary/aromatic N) is 2. The molecule has 0 atom stereocenters. The predicted octanol–water partition coefficient (Wildman–Crippen LogP) is 2.99. The molecule has 0 amide bonds. The van der Waals surface area contributed by atoms with Crippen molar-refractivity contribution in [3.63, 3.8) is 0 Å². The maximum atomic E-state index is 11.3. The molecule has 4 nitrogen and oxygen atoms in total. The van der Waals surface area contributed by atoms with Crippen LogP contribution < -0.4 is 0 Å². The summed E-state index contributed by atoms with van der Waals surface area (Å²) in [6.07, 6.45) is 3.50. The SMILES string of the molecule is CC(=O)c1ccc(O)c(CSc2ncc(C)cn2)c1. The summed E-state index contributed by atoms with van der Waals surface area (Å²) in [5, 5.41) is 10.4. The first-order valence-corrected chi connectivity index (χ1v) is 6.79. The highest BCUT2D eigenvalue weighted by Gasteiger charge is 2.07. The van der Waals surface area contributed by atoms with Crippen LogP contribution in [0.2, 0.25) is 0 Å². The maximum absolute atomic E-state index is 11.3. The molecule has 19 heavy (non-hydrogen) atoms. The summed E-state index contributed by atoms with van der Waals surface area (Å²) in [4.78, 5) is 19.7. The Balaban J connectivity index is 2.12. The van der Waals surface area contributed by atoms with Crippen molar-refractivity contribution in [1.82, 2.24) is 9.97 Å². The molecule has 2 aromatic rings. The van der Waals surface area contributed by atoms with Gasteiger partial charge in [-0.25, -0.2) is 9.97 Å². The van der Waals surface area contributed by atoms with Crippen LogP contribution in [0.1, 0.15) is 28.4 Å². The van der Waals surface area contributed by atoms with Gasteiger partial charge in [0.1, 0.15) is 5.75 Å². The van der Waals surface area contributed by atoms with E-state index < -0.39 is 0 Å². The molecule has 0 aliphatic carbocycles. The Labute approximate surface area is 115 Å². The zero-order valence-electron chi connectivity index (χ0n) is 10.8. The summed E-state index contributed by atoms with van der Waals surface area (Å²) in [7, 11) is 0. The molecule has 98 valence electrons. The number of Topliss-reactive ketones (excluding diaryl/α,β-unsaturated/α-hetero) is 1. The third-order valence-electron chi connectivity index (χ3n) is 2.60. The smallest absolute Gasteiger partial charge is 0.187 e. The lowest BCUT2D eigenvalue weighted by Gasteiger charge is -2.05. The van der Waals surface area contributed by atoms with Gasteiger partial charge >= 0.3 is 0 Å². The molecule has 0 saturated carbocycles. The molecule has 1 aromatic carbocycles. The Kier molecular flexibility index (Phi) is 4.16. The molecule has 1 aromatic heterocycles. The second-order valence-electron chi connectivity index (χ2n) is 4.23. The topological polar surface area (TPSA) is 63.1 Å². The molecule has 0 aliphatic heterocycles. The fraction of sp³-hybridized carbons (Fsp3) is 0.214. The molecular weight excluding hydrogens is 260 g/mol. The summed E-state index contributed by atoms with van der Waals surface area (Å²) in [5.41, 5.74) is 2.31. The second kappa shape index (κ2) is 5.84. The van der Waals surface area contributed by atoms with E-state index in [0.29, 0.717) is 22.0 Å². The monoisotopic (exact) mass is 274 g/mol. The molecule has 0 unspecified atom stereocenters.